The van der Waals surface area contributed by atoms with Crippen LogP contribution in [0.1, 0.15) is 47.1 Å². The van der Waals surface area contributed by atoms with Gasteiger partial charge in [-0.15, -0.1) is 0 Å². The third-order valence-electron chi connectivity index (χ3n) is 7.47. The molecule has 2 aliphatic heterocycles. The van der Waals surface area contributed by atoms with Gasteiger partial charge in [0.1, 0.15) is 5.82 Å². The molecule has 2 saturated heterocycles. The Morgan fingerprint density at radius 1 is 0.842 bits per heavy atom. The smallest absolute Gasteiger partial charge is 0.228 e. The maximum atomic E-state index is 14.5. The van der Waals surface area contributed by atoms with E-state index in [0.29, 0.717) is 32.7 Å². The number of carbonyl (C=O) groups is 2. The van der Waals surface area contributed by atoms with Crippen LogP contribution in [0.4, 0.5) is 10.1 Å². The van der Waals surface area contributed by atoms with E-state index >= 15 is 0 Å². The topological polar surface area (TPSA) is 55.9 Å². The Bertz CT molecular complexity index is 1160. The highest BCUT2D eigenvalue weighted by atomic mass is 19.1. The molecule has 2 aliphatic rings. The molecule has 2 fully saturated rings. The van der Waals surface area contributed by atoms with Crippen LogP contribution >= 0.6 is 0 Å². The van der Waals surface area contributed by atoms with E-state index in [4.69, 9.17) is 0 Å². The standard InChI is InChI=1S/C31H43FN4O2/c1-30(2,3)28(37)35-17-15-34(16-18-35)27-20-23(32)11-12-26(27)25-10-8-7-9-22(25)19-24-21-36(14-13-33-24)29(38)31(4,5)6/h7-12,20,24,33H,13-19,21H2,1-6H3. The summed E-state index contributed by atoms with van der Waals surface area (Å²) < 4.78 is 14.5. The quantitative estimate of drug-likeness (QED) is 0.639. The molecule has 2 aromatic carbocycles. The summed E-state index contributed by atoms with van der Waals surface area (Å²) in [6, 6.07) is 13.5. The van der Waals surface area contributed by atoms with Gasteiger partial charge < -0.3 is 20.0 Å². The minimum absolute atomic E-state index is 0.145. The van der Waals surface area contributed by atoms with Gasteiger partial charge in [-0.05, 0) is 35.7 Å². The lowest BCUT2D eigenvalue weighted by molar-refractivity contribution is -0.141. The number of amides is 2. The van der Waals surface area contributed by atoms with E-state index in [1.54, 1.807) is 6.07 Å². The summed E-state index contributed by atoms with van der Waals surface area (Å²) in [4.78, 5) is 31.8. The molecule has 2 aromatic rings. The first-order chi connectivity index (χ1) is 17.8. The number of nitrogens with zero attached hydrogens (tertiary/aromatic N) is 3. The monoisotopic (exact) mass is 522 g/mol. The number of carbonyl (C=O) groups excluding carboxylic acids is 2. The molecule has 6 nitrogen and oxygen atoms in total. The van der Waals surface area contributed by atoms with Gasteiger partial charge in [-0.3, -0.25) is 9.59 Å². The van der Waals surface area contributed by atoms with Crippen molar-refractivity contribution in [2.24, 2.45) is 10.8 Å². The Labute approximate surface area is 227 Å². The van der Waals surface area contributed by atoms with Crippen molar-refractivity contribution >= 4 is 17.5 Å². The molecule has 4 rings (SSSR count). The van der Waals surface area contributed by atoms with Crippen LogP contribution in [0.25, 0.3) is 11.1 Å². The molecule has 1 N–H and O–H groups in total. The summed E-state index contributed by atoms with van der Waals surface area (Å²) in [5, 5.41) is 3.60. The third-order valence-corrected chi connectivity index (χ3v) is 7.47. The fraction of sp³-hybridized carbons (Fsp3) is 0.548. The van der Waals surface area contributed by atoms with Gasteiger partial charge in [0.15, 0.2) is 0 Å². The van der Waals surface area contributed by atoms with Crippen molar-refractivity contribution in [3.05, 3.63) is 53.8 Å². The lowest BCUT2D eigenvalue weighted by Crippen LogP contribution is -2.55. The van der Waals surface area contributed by atoms with Crippen LogP contribution < -0.4 is 10.2 Å². The van der Waals surface area contributed by atoms with Gasteiger partial charge >= 0.3 is 0 Å². The summed E-state index contributed by atoms with van der Waals surface area (Å²) in [6.45, 7) is 16.5. The summed E-state index contributed by atoms with van der Waals surface area (Å²) in [5.74, 6) is 0.0721. The lowest BCUT2D eigenvalue weighted by atomic mass is 9.91. The molecule has 1 atom stereocenters. The van der Waals surface area contributed by atoms with Gasteiger partial charge in [0.2, 0.25) is 11.8 Å². The maximum absolute atomic E-state index is 14.5. The summed E-state index contributed by atoms with van der Waals surface area (Å²) >= 11 is 0. The molecule has 0 radical (unpaired) electrons. The number of nitrogens with one attached hydrogen (secondary N) is 1. The summed E-state index contributed by atoms with van der Waals surface area (Å²) in [6.07, 6.45) is 0.773. The second kappa shape index (κ2) is 11.0. The predicted molar refractivity (Wildman–Crippen MR) is 152 cm³/mol. The molecule has 0 spiro atoms. The fourth-order valence-electron chi connectivity index (χ4n) is 5.47. The first-order valence-corrected chi connectivity index (χ1v) is 13.8. The number of benzene rings is 2. The van der Waals surface area contributed by atoms with E-state index in [1.165, 1.54) is 11.6 Å². The number of rotatable bonds is 4. The molecule has 0 saturated carbocycles. The fourth-order valence-corrected chi connectivity index (χ4v) is 5.47. The van der Waals surface area contributed by atoms with E-state index in [-0.39, 0.29) is 23.7 Å². The van der Waals surface area contributed by atoms with Crippen LogP contribution in [0, 0.1) is 16.6 Å². The van der Waals surface area contributed by atoms with Gasteiger partial charge in [-0.1, -0.05) is 65.8 Å². The van der Waals surface area contributed by atoms with Crippen molar-refractivity contribution in [2.75, 3.05) is 50.7 Å². The van der Waals surface area contributed by atoms with Crippen LogP contribution in [0.15, 0.2) is 42.5 Å². The summed E-state index contributed by atoms with van der Waals surface area (Å²) in [5.41, 5.74) is 3.30. The van der Waals surface area contributed by atoms with Crippen LogP contribution in [-0.2, 0) is 16.0 Å². The average Bonchev–Trinajstić information content (AvgIpc) is 2.87. The van der Waals surface area contributed by atoms with Crippen LogP contribution in [-0.4, -0.2) is 73.5 Å². The molecule has 206 valence electrons. The third kappa shape index (κ3) is 6.37. The molecular formula is C31H43FN4O2. The molecule has 0 aliphatic carbocycles. The highest BCUT2D eigenvalue weighted by Crippen LogP contribution is 2.35. The SMILES string of the molecule is CC(C)(C)C(=O)N1CCN(c2cc(F)ccc2-c2ccccc2CC2CN(C(=O)C(C)(C)C)CCN2)CC1. The summed E-state index contributed by atoms with van der Waals surface area (Å²) in [7, 11) is 0. The highest BCUT2D eigenvalue weighted by molar-refractivity contribution is 5.83. The minimum atomic E-state index is -0.411. The zero-order valence-corrected chi connectivity index (χ0v) is 23.8. The number of hydrogen-bond acceptors (Lipinski definition) is 4. The molecule has 0 bridgehead atoms. The van der Waals surface area contributed by atoms with E-state index in [1.807, 2.05) is 69.5 Å². The number of halogens is 1. The minimum Gasteiger partial charge on any atom is -0.367 e. The Morgan fingerprint density at radius 3 is 2.13 bits per heavy atom. The highest BCUT2D eigenvalue weighted by Gasteiger charge is 2.32. The van der Waals surface area contributed by atoms with Gasteiger partial charge in [0.25, 0.3) is 0 Å². The molecular weight excluding hydrogens is 479 g/mol. The average molecular weight is 523 g/mol. The molecule has 1 unspecified atom stereocenters. The molecule has 0 aromatic heterocycles. The van der Waals surface area contributed by atoms with Gasteiger partial charge in [-0.25, -0.2) is 4.39 Å². The molecule has 7 heteroatoms. The second-order valence-corrected chi connectivity index (χ2v) is 12.7. The molecule has 38 heavy (non-hydrogen) atoms. The Morgan fingerprint density at radius 2 is 1.47 bits per heavy atom. The largest absolute Gasteiger partial charge is 0.367 e. The van der Waals surface area contributed by atoms with E-state index in [2.05, 4.69) is 22.3 Å². The van der Waals surface area contributed by atoms with Crippen molar-refractivity contribution in [3.8, 4) is 11.1 Å². The van der Waals surface area contributed by atoms with Crippen LogP contribution in [0.5, 0.6) is 0 Å². The molecule has 2 heterocycles. The lowest BCUT2D eigenvalue weighted by Gasteiger charge is -2.39. The van der Waals surface area contributed by atoms with Gasteiger partial charge in [0, 0.05) is 73.9 Å². The van der Waals surface area contributed by atoms with Crippen LogP contribution in [0.3, 0.4) is 0 Å². The molecule has 2 amide bonds. The van der Waals surface area contributed by atoms with E-state index in [9.17, 15) is 14.0 Å². The van der Waals surface area contributed by atoms with Gasteiger partial charge in [0.05, 0.1) is 0 Å². The number of hydrogen-bond donors (Lipinski definition) is 1. The van der Waals surface area contributed by atoms with Crippen molar-refractivity contribution in [3.63, 3.8) is 0 Å². The van der Waals surface area contributed by atoms with Crippen molar-refractivity contribution in [1.82, 2.24) is 15.1 Å². The zero-order valence-electron chi connectivity index (χ0n) is 23.8. The predicted octanol–water partition coefficient (Wildman–Crippen LogP) is 4.58. The maximum Gasteiger partial charge on any atom is 0.228 e. The number of piperazine rings is 2. The van der Waals surface area contributed by atoms with E-state index < -0.39 is 10.8 Å². The Hall–Kier alpha value is -2.93. The van der Waals surface area contributed by atoms with Crippen molar-refractivity contribution in [2.45, 2.75) is 54.0 Å². The number of anilines is 1. The Kier molecular flexibility index (Phi) is 8.17. The first kappa shape index (κ1) is 28.1. The van der Waals surface area contributed by atoms with Crippen LogP contribution in [0.2, 0.25) is 0 Å². The van der Waals surface area contributed by atoms with Crippen molar-refractivity contribution in [1.29, 1.82) is 0 Å². The van der Waals surface area contributed by atoms with Gasteiger partial charge in [-0.2, -0.15) is 0 Å². The zero-order chi connectivity index (χ0) is 27.7. The van der Waals surface area contributed by atoms with E-state index in [0.717, 1.165) is 36.3 Å². The first-order valence-electron chi connectivity index (χ1n) is 13.8. The normalized spacial score (nSPS) is 19.0. The Balaban J connectivity index is 1.56. The van der Waals surface area contributed by atoms with Crippen molar-refractivity contribution < 1.29 is 14.0 Å². The second-order valence-electron chi connectivity index (χ2n) is 12.7.